The largest absolute Gasteiger partial charge is 0.404 e. The first-order valence-electron chi connectivity index (χ1n) is 6.58. The van der Waals surface area contributed by atoms with E-state index in [0.29, 0.717) is 10.2 Å². The Morgan fingerprint density at radius 1 is 1.55 bits per heavy atom. The molecule has 0 bridgehead atoms. The van der Waals surface area contributed by atoms with E-state index in [2.05, 4.69) is 21.0 Å². The monoisotopic (exact) mass is 344 g/mol. The van der Waals surface area contributed by atoms with Crippen molar-refractivity contribution in [1.29, 1.82) is 0 Å². The van der Waals surface area contributed by atoms with Crippen LogP contribution in [0.1, 0.15) is 31.9 Å². The number of nitrogens with zero attached hydrogens (tertiary/aromatic N) is 4. The van der Waals surface area contributed by atoms with Gasteiger partial charge in [-0.25, -0.2) is 0 Å². The molecule has 2 rings (SSSR count). The van der Waals surface area contributed by atoms with Crippen LogP contribution in [0.2, 0.25) is 0 Å². The molecule has 1 atom stereocenters. The van der Waals surface area contributed by atoms with Crippen LogP contribution >= 0.6 is 15.9 Å². The van der Waals surface area contributed by atoms with Gasteiger partial charge in [-0.3, -0.25) is 4.79 Å². The molecule has 8 heteroatoms. The number of likely N-dealkylation sites (tertiary alicyclic amines) is 1. The summed E-state index contributed by atoms with van der Waals surface area (Å²) >= 11 is 3.15. The molecular weight excluding hydrogens is 328 g/mol. The Morgan fingerprint density at radius 3 is 2.80 bits per heavy atom. The third-order valence-corrected chi connectivity index (χ3v) is 4.63. The average Bonchev–Trinajstić information content (AvgIpc) is 2.67. The van der Waals surface area contributed by atoms with Gasteiger partial charge in [-0.15, -0.1) is 0 Å². The van der Waals surface area contributed by atoms with Gasteiger partial charge in [0, 0.05) is 12.6 Å². The van der Waals surface area contributed by atoms with E-state index in [-0.39, 0.29) is 24.3 Å². The third kappa shape index (κ3) is 2.84. The molecule has 0 unspecified atom stereocenters. The summed E-state index contributed by atoms with van der Waals surface area (Å²) in [6.07, 6.45) is 3.16. The van der Waals surface area contributed by atoms with Crippen molar-refractivity contribution in [3.05, 3.63) is 20.3 Å². The predicted molar refractivity (Wildman–Crippen MR) is 76.3 cm³/mol. The normalized spacial score (nSPS) is 19.1. The highest BCUT2D eigenvalue weighted by molar-refractivity contribution is 9.10. The molecule has 2 heterocycles. The zero-order chi connectivity index (χ0) is 14.9. The van der Waals surface area contributed by atoms with Gasteiger partial charge in [0.15, 0.2) is 0 Å². The van der Waals surface area contributed by atoms with Crippen LogP contribution in [-0.2, 0) is 11.3 Å². The second-order valence-electron chi connectivity index (χ2n) is 5.07. The Bertz CT molecular complexity index is 543. The molecule has 1 aliphatic rings. The van der Waals surface area contributed by atoms with Crippen molar-refractivity contribution >= 4 is 27.7 Å². The van der Waals surface area contributed by atoms with Gasteiger partial charge >= 0.3 is 5.82 Å². The minimum Gasteiger partial charge on any atom is -0.358 e. The molecule has 0 aliphatic carbocycles. The molecule has 0 spiro atoms. The lowest BCUT2D eigenvalue weighted by Gasteiger charge is -2.33. The molecule has 20 heavy (non-hydrogen) atoms. The van der Waals surface area contributed by atoms with Crippen molar-refractivity contribution in [2.45, 2.75) is 45.7 Å². The van der Waals surface area contributed by atoms with Crippen LogP contribution in [0, 0.1) is 17.0 Å². The van der Waals surface area contributed by atoms with Gasteiger partial charge in [-0.05, 0) is 54.0 Å². The summed E-state index contributed by atoms with van der Waals surface area (Å²) in [5.74, 6) is -0.285. The van der Waals surface area contributed by atoms with E-state index in [4.69, 9.17) is 0 Å². The van der Waals surface area contributed by atoms with E-state index in [1.807, 2.05) is 11.8 Å². The van der Waals surface area contributed by atoms with E-state index in [1.54, 1.807) is 6.92 Å². The minimum atomic E-state index is -0.554. The average molecular weight is 345 g/mol. The number of amides is 1. The molecule has 7 nitrogen and oxygen atoms in total. The van der Waals surface area contributed by atoms with Crippen molar-refractivity contribution in [3.63, 3.8) is 0 Å². The smallest absolute Gasteiger partial charge is 0.358 e. The number of nitro groups is 1. The maximum Gasteiger partial charge on any atom is 0.404 e. The molecule has 0 saturated carbocycles. The second-order valence-corrected chi connectivity index (χ2v) is 5.86. The van der Waals surface area contributed by atoms with Gasteiger partial charge in [-0.1, -0.05) is 0 Å². The first-order chi connectivity index (χ1) is 9.41. The Labute approximate surface area is 125 Å². The lowest BCUT2D eigenvalue weighted by atomic mass is 10.0. The van der Waals surface area contributed by atoms with Crippen LogP contribution in [-0.4, -0.2) is 38.1 Å². The Morgan fingerprint density at radius 2 is 2.25 bits per heavy atom. The molecule has 1 fully saturated rings. The van der Waals surface area contributed by atoms with Crippen molar-refractivity contribution in [2.75, 3.05) is 6.54 Å². The standard InChI is InChI=1S/C12H17BrN4O3/c1-8-5-3-4-6-15(8)10(18)7-16-9(2)11(13)12(14-16)17(19)20/h8H,3-7H2,1-2H3/t8-/m0/s1. The van der Waals surface area contributed by atoms with E-state index in [0.717, 1.165) is 25.8 Å². The summed E-state index contributed by atoms with van der Waals surface area (Å²) in [5.41, 5.74) is 0.592. The lowest BCUT2D eigenvalue weighted by molar-refractivity contribution is -0.390. The summed E-state index contributed by atoms with van der Waals surface area (Å²) in [5, 5.41) is 14.7. The van der Waals surface area contributed by atoms with Crippen LogP contribution in [0.3, 0.4) is 0 Å². The van der Waals surface area contributed by atoms with Crippen LogP contribution < -0.4 is 0 Å². The third-order valence-electron chi connectivity index (χ3n) is 3.70. The molecule has 0 radical (unpaired) electrons. The van der Waals surface area contributed by atoms with Gasteiger partial charge < -0.3 is 15.0 Å². The summed E-state index contributed by atoms with van der Waals surface area (Å²) in [7, 11) is 0. The van der Waals surface area contributed by atoms with E-state index in [1.165, 1.54) is 4.68 Å². The fourth-order valence-corrected chi connectivity index (χ4v) is 2.90. The number of rotatable bonds is 3. The number of halogens is 1. The molecule has 1 aliphatic heterocycles. The number of piperidine rings is 1. The molecular formula is C12H17BrN4O3. The Hall–Kier alpha value is -1.44. The lowest BCUT2D eigenvalue weighted by Crippen LogP contribution is -2.43. The Balaban J connectivity index is 2.15. The number of carbonyl (C=O) groups is 1. The van der Waals surface area contributed by atoms with Crippen LogP contribution in [0.25, 0.3) is 0 Å². The van der Waals surface area contributed by atoms with E-state index in [9.17, 15) is 14.9 Å². The first kappa shape index (κ1) is 15.0. The topological polar surface area (TPSA) is 81.3 Å². The van der Waals surface area contributed by atoms with Crippen LogP contribution in [0.4, 0.5) is 5.82 Å². The number of hydrogen-bond acceptors (Lipinski definition) is 4. The van der Waals surface area contributed by atoms with E-state index < -0.39 is 4.92 Å². The summed E-state index contributed by atoms with van der Waals surface area (Å²) in [6, 6.07) is 0.227. The molecule has 1 aromatic heterocycles. The first-order valence-corrected chi connectivity index (χ1v) is 7.38. The SMILES string of the molecule is Cc1c(Br)c([N+](=O)[O-])nn1CC(=O)N1CCCC[C@@H]1C. The maximum absolute atomic E-state index is 12.3. The highest BCUT2D eigenvalue weighted by atomic mass is 79.9. The Kier molecular flexibility index (Phi) is 4.42. The van der Waals surface area contributed by atoms with E-state index >= 15 is 0 Å². The van der Waals surface area contributed by atoms with Gasteiger partial charge in [-0.2, -0.15) is 4.68 Å². The maximum atomic E-state index is 12.3. The predicted octanol–water partition coefficient (Wildman–Crippen LogP) is 2.26. The molecule has 0 aromatic carbocycles. The fourth-order valence-electron chi connectivity index (χ4n) is 2.47. The van der Waals surface area contributed by atoms with Gasteiger partial charge in [0.1, 0.15) is 11.0 Å². The van der Waals surface area contributed by atoms with Crippen molar-refractivity contribution in [1.82, 2.24) is 14.7 Å². The van der Waals surface area contributed by atoms with Crippen molar-refractivity contribution in [2.24, 2.45) is 0 Å². The highest BCUT2D eigenvalue weighted by Gasteiger charge is 2.28. The quantitative estimate of drug-likeness (QED) is 0.622. The highest BCUT2D eigenvalue weighted by Crippen LogP contribution is 2.27. The molecule has 1 amide bonds. The van der Waals surface area contributed by atoms with Gasteiger partial charge in [0.2, 0.25) is 5.91 Å². The number of hydrogen-bond donors (Lipinski definition) is 0. The van der Waals surface area contributed by atoms with Crippen LogP contribution in [0.15, 0.2) is 4.47 Å². The summed E-state index contributed by atoms with van der Waals surface area (Å²) in [4.78, 5) is 24.4. The fraction of sp³-hybridized carbons (Fsp3) is 0.667. The van der Waals surface area contributed by atoms with Crippen molar-refractivity contribution < 1.29 is 9.72 Å². The minimum absolute atomic E-state index is 0.0369. The second kappa shape index (κ2) is 5.90. The zero-order valence-corrected chi connectivity index (χ0v) is 13.1. The molecule has 0 N–H and O–H groups in total. The molecule has 110 valence electrons. The molecule has 1 aromatic rings. The number of aromatic nitrogens is 2. The van der Waals surface area contributed by atoms with Crippen LogP contribution in [0.5, 0.6) is 0 Å². The summed E-state index contributed by atoms with van der Waals surface area (Å²) < 4.78 is 1.73. The van der Waals surface area contributed by atoms with Gasteiger partial charge in [0.05, 0.1) is 10.8 Å². The van der Waals surface area contributed by atoms with Crippen molar-refractivity contribution in [3.8, 4) is 0 Å². The zero-order valence-electron chi connectivity index (χ0n) is 11.5. The summed E-state index contributed by atoms with van der Waals surface area (Å²) in [6.45, 7) is 4.54. The number of carbonyl (C=O) groups excluding carboxylic acids is 1. The molecule has 1 saturated heterocycles. The van der Waals surface area contributed by atoms with Gasteiger partial charge in [0.25, 0.3) is 0 Å².